The summed E-state index contributed by atoms with van der Waals surface area (Å²) in [6.07, 6.45) is 1.82. The third-order valence-corrected chi connectivity index (χ3v) is 5.49. The lowest BCUT2D eigenvalue weighted by Crippen LogP contribution is -2.44. The molecule has 5 nitrogen and oxygen atoms in total. The summed E-state index contributed by atoms with van der Waals surface area (Å²) >= 11 is 5.78. The maximum atomic E-state index is 13.9. The number of hydrogen-bond donors (Lipinski definition) is 0. The minimum atomic E-state index is -0.392. The molecule has 1 atom stereocenters. The van der Waals surface area contributed by atoms with E-state index in [4.69, 9.17) is 21.1 Å². The zero-order chi connectivity index (χ0) is 20.8. The van der Waals surface area contributed by atoms with Crippen molar-refractivity contribution in [2.75, 3.05) is 19.7 Å². The van der Waals surface area contributed by atoms with Gasteiger partial charge in [0.1, 0.15) is 18.5 Å². The van der Waals surface area contributed by atoms with E-state index in [1.807, 2.05) is 26.0 Å². The van der Waals surface area contributed by atoms with Crippen molar-refractivity contribution in [1.29, 1.82) is 0 Å². The Morgan fingerprint density at radius 1 is 1.31 bits per heavy atom. The van der Waals surface area contributed by atoms with Gasteiger partial charge < -0.3 is 9.47 Å². The molecule has 0 radical (unpaired) electrons. The molecule has 2 heterocycles. The lowest BCUT2D eigenvalue weighted by molar-refractivity contribution is -0.149. The standard InChI is InChI=1S/C22H26ClFN2O3/c1-3-28-22(27)15(2)26-11-9-16(10-12-26)20-5-4-6-21(25-20)29-14-17-7-8-18(23)13-19(17)24/h4-8,13,15-16H,3,9-12,14H2,1-2H3. The Kier molecular flexibility index (Phi) is 7.45. The van der Waals surface area contributed by atoms with Crippen LogP contribution in [-0.2, 0) is 16.1 Å². The van der Waals surface area contributed by atoms with Crippen LogP contribution in [0.4, 0.5) is 4.39 Å². The summed E-state index contributed by atoms with van der Waals surface area (Å²) in [4.78, 5) is 18.7. The molecule has 1 fully saturated rings. The number of likely N-dealkylation sites (tertiary alicyclic amines) is 1. The van der Waals surface area contributed by atoms with Crippen molar-refractivity contribution in [2.45, 2.75) is 45.3 Å². The van der Waals surface area contributed by atoms with Crippen LogP contribution in [0.2, 0.25) is 5.02 Å². The summed E-state index contributed by atoms with van der Waals surface area (Å²) in [5.41, 5.74) is 1.39. The molecule has 3 rings (SSSR count). The number of esters is 1. The minimum absolute atomic E-state index is 0.0922. The Balaban J connectivity index is 1.57. The lowest BCUT2D eigenvalue weighted by atomic mass is 9.92. The van der Waals surface area contributed by atoms with Gasteiger partial charge >= 0.3 is 5.97 Å². The van der Waals surface area contributed by atoms with Gasteiger partial charge in [-0.1, -0.05) is 23.7 Å². The predicted molar refractivity (Wildman–Crippen MR) is 110 cm³/mol. The Morgan fingerprint density at radius 2 is 2.07 bits per heavy atom. The number of carbonyl (C=O) groups is 1. The van der Waals surface area contributed by atoms with Crippen LogP contribution in [-0.4, -0.2) is 41.6 Å². The first-order valence-electron chi connectivity index (χ1n) is 9.92. The topological polar surface area (TPSA) is 51.7 Å². The number of pyridine rings is 1. The molecule has 1 aliphatic rings. The van der Waals surface area contributed by atoms with E-state index in [9.17, 15) is 9.18 Å². The van der Waals surface area contributed by atoms with Crippen molar-refractivity contribution in [3.8, 4) is 5.88 Å². The highest BCUT2D eigenvalue weighted by atomic mass is 35.5. The average molecular weight is 421 g/mol. The zero-order valence-electron chi connectivity index (χ0n) is 16.7. The number of hydrogen-bond acceptors (Lipinski definition) is 5. The van der Waals surface area contributed by atoms with Crippen LogP contribution in [0.3, 0.4) is 0 Å². The summed E-state index contributed by atoms with van der Waals surface area (Å²) in [7, 11) is 0. The largest absolute Gasteiger partial charge is 0.473 e. The van der Waals surface area contributed by atoms with E-state index in [0.717, 1.165) is 31.6 Å². The normalized spacial score (nSPS) is 16.4. The van der Waals surface area contributed by atoms with Crippen LogP contribution in [0.15, 0.2) is 36.4 Å². The maximum Gasteiger partial charge on any atom is 0.323 e. The van der Waals surface area contributed by atoms with E-state index >= 15 is 0 Å². The number of piperidine rings is 1. The van der Waals surface area contributed by atoms with E-state index in [-0.39, 0.29) is 18.6 Å². The first kappa shape index (κ1) is 21.5. The molecule has 0 aliphatic carbocycles. The van der Waals surface area contributed by atoms with Crippen molar-refractivity contribution < 1.29 is 18.7 Å². The molecule has 1 aromatic carbocycles. The molecule has 1 saturated heterocycles. The van der Waals surface area contributed by atoms with Gasteiger partial charge in [0, 0.05) is 28.3 Å². The van der Waals surface area contributed by atoms with E-state index < -0.39 is 5.82 Å². The number of rotatable bonds is 7. The monoisotopic (exact) mass is 420 g/mol. The van der Waals surface area contributed by atoms with E-state index in [2.05, 4.69) is 9.88 Å². The molecule has 1 unspecified atom stereocenters. The number of nitrogens with zero attached hydrogens (tertiary/aromatic N) is 2. The lowest BCUT2D eigenvalue weighted by Gasteiger charge is -2.34. The van der Waals surface area contributed by atoms with Crippen molar-refractivity contribution in [2.24, 2.45) is 0 Å². The molecule has 0 saturated carbocycles. The van der Waals surface area contributed by atoms with E-state index in [1.165, 1.54) is 6.07 Å². The first-order chi connectivity index (χ1) is 14.0. The third kappa shape index (κ3) is 5.67. The molecule has 2 aromatic rings. The van der Waals surface area contributed by atoms with Crippen molar-refractivity contribution >= 4 is 17.6 Å². The maximum absolute atomic E-state index is 13.9. The van der Waals surface area contributed by atoms with Crippen LogP contribution in [0.1, 0.15) is 43.9 Å². The Bertz CT molecular complexity index is 841. The molecular formula is C22H26ClFN2O3. The van der Waals surface area contributed by atoms with E-state index in [1.54, 1.807) is 18.2 Å². The highest BCUT2D eigenvalue weighted by molar-refractivity contribution is 6.30. The van der Waals surface area contributed by atoms with Gasteiger partial charge in [-0.25, -0.2) is 9.37 Å². The molecule has 1 aliphatic heterocycles. The Hall–Kier alpha value is -2.18. The summed E-state index contributed by atoms with van der Waals surface area (Å²) in [5, 5.41) is 0.356. The Labute approximate surface area is 175 Å². The molecule has 0 bridgehead atoms. The summed E-state index contributed by atoms with van der Waals surface area (Å²) in [6.45, 7) is 5.83. The van der Waals surface area contributed by atoms with Crippen molar-refractivity contribution in [1.82, 2.24) is 9.88 Å². The molecule has 0 amide bonds. The average Bonchev–Trinajstić information content (AvgIpc) is 2.73. The SMILES string of the molecule is CCOC(=O)C(C)N1CCC(c2cccc(OCc3ccc(Cl)cc3F)n2)CC1. The van der Waals surface area contributed by atoms with Gasteiger partial charge in [-0.3, -0.25) is 9.69 Å². The highest BCUT2D eigenvalue weighted by Crippen LogP contribution is 2.29. The molecule has 156 valence electrons. The number of benzene rings is 1. The van der Waals surface area contributed by atoms with Crippen molar-refractivity contribution in [3.63, 3.8) is 0 Å². The summed E-state index contributed by atoms with van der Waals surface area (Å²) < 4.78 is 24.7. The van der Waals surface area contributed by atoms with Crippen LogP contribution in [0.25, 0.3) is 0 Å². The molecular weight excluding hydrogens is 395 g/mol. The molecule has 0 spiro atoms. The van der Waals surface area contributed by atoms with Crippen molar-refractivity contribution in [3.05, 3.63) is 58.5 Å². The predicted octanol–water partition coefficient (Wildman–Crippen LogP) is 4.58. The fourth-order valence-electron chi connectivity index (χ4n) is 3.52. The number of carbonyl (C=O) groups excluding carboxylic acids is 1. The van der Waals surface area contributed by atoms with Gasteiger partial charge in [-0.2, -0.15) is 0 Å². The van der Waals surface area contributed by atoms with Gasteiger partial charge in [0.2, 0.25) is 5.88 Å². The number of ether oxygens (including phenoxy) is 2. The number of halogens is 2. The minimum Gasteiger partial charge on any atom is -0.473 e. The van der Waals surface area contributed by atoms with Crippen LogP contribution >= 0.6 is 11.6 Å². The second kappa shape index (κ2) is 10.0. The summed E-state index contributed by atoms with van der Waals surface area (Å²) in [5.74, 6) is 0.210. The van der Waals surface area contributed by atoms with E-state index in [0.29, 0.717) is 29.0 Å². The quantitative estimate of drug-likeness (QED) is 0.613. The highest BCUT2D eigenvalue weighted by Gasteiger charge is 2.28. The fraction of sp³-hybridized carbons (Fsp3) is 0.455. The smallest absolute Gasteiger partial charge is 0.323 e. The van der Waals surface area contributed by atoms with Crippen LogP contribution in [0.5, 0.6) is 5.88 Å². The molecule has 0 N–H and O–H groups in total. The Morgan fingerprint density at radius 3 is 2.76 bits per heavy atom. The fourth-order valence-corrected chi connectivity index (χ4v) is 3.68. The molecule has 29 heavy (non-hydrogen) atoms. The second-order valence-corrected chi connectivity index (χ2v) is 7.60. The third-order valence-electron chi connectivity index (χ3n) is 5.26. The first-order valence-corrected chi connectivity index (χ1v) is 10.3. The van der Waals surface area contributed by atoms with Gasteiger partial charge in [0.15, 0.2) is 0 Å². The number of aromatic nitrogens is 1. The summed E-state index contributed by atoms with van der Waals surface area (Å²) in [6, 6.07) is 9.96. The van der Waals surface area contributed by atoms with Gasteiger partial charge in [0.05, 0.1) is 6.61 Å². The van der Waals surface area contributed by atoms with Crippen LogP contribution < -0.4 is 4.74 Å². The van der Waals surface area contributed by atoms with Gasteiger partial charge in [0.25, 0.3) is 0 Å². The van der Waals surface area contributed by atoms with Gasteiger partial charge in [-0.15, -0.1) is 0 Å². The molecule has 7 heteroatoms. The molecule has 1 aromatic heterocycles. The second-order valence-electron chi connectivity index (χ2n) is 7.16. The zero-order valence-corrected chi connectivity index (χ0v) is 17.5. The van der Waals surface area contributed by atoms with Gasteiger partial charge in [-0.05, 0) is 58.0 Å². The van der Waals surface area contributed by atoms with Crippen LogP contribution in [0, 0.1) is 5.82 Å².